The summed E-state index contributed by atoms with van der Waals surface area (Å²) < 4.78 is 0. The van der Waals surface area contributed by atoms with Gasteiger partial charge in [-0.05, 0) is 37.0 Å². The van der Waals surface area contributed by atoms with E-state index in [1.807, 2.05) is 0 Å². The van der Waals surface area contributed by atoms with Crippen LogP contribution in [0.25, 0.3) is 0 Å². The molecule has 0 saturated carbocycles. The summed E-state index contributed by atoms with van der Waals surface area (Å²) in [6, 6.07) is 0. The highest BCUT2D eigenvalue weighted by molar-refractivity contribution is 5.76. The van der Waals surface area contributed by atoms with Crippen molar-refractivity contribution in [3.63, 3.8) is 0 Å². The summed E-state index contributed by atoms with van der Waals surface area (Å²) in [5.41, 5.74) is 0. The van der Waals surface area contributed by atoms with E-state index in [-0.39, 0.29) is 0 Å². The second-order valence-electron chi connectivity index (χ2n) is 8.45. The lowest BCUT2D eigenvalue weighted by Crippen LogP contribution is -2.27. The second-order valence-corrected chi connectivity index (χ2v) is 8.45. The van der Waals surface area contributed by atoms with E-state index in [2.05, 4.69) is 32.6 Å². The fourth-order valence-electron chi connectivity index (χ4n) is 3.70. The predicted octanol–water partition coefficient (Wildman–Crippen LogP) is 6.05. The van der Waals surface area contributed by atoms with Crippen LogP contribution in [0.15, 0.2) is 0 Å². The third-order valence-corrected chi connectivity index (χ3v) is 5.42. The quantitative estimate of drug-likeness (QED) is 0.428. The second kappa shape index (κ2) is 11.9. The molecular weight excluding hydrogens is 282 g/mol. The Morgan fingerprint density at radius 2 is 1.26 bits per heavy atom. The summed E-state index contributed by atoms with van der Waals surface area (Å²) in [6.07, 6.45) is 13.8. The average molecular weight is 324 g/mol. The van der Waals surface area contributed by atoms with Gasteiger partial charge in [-0.1, -0.05) is 72.6 Å². The molecule has 1 saturated heterocycles. The van der Waals surface area contributed by atoms with Gasteiger partial charge in [0.25, 0.3) is 0 Å². The van der Waals surface area contributed by atoms with Crippen LogP contribution in [-0.4, -0.2) is 23.9 Å². The van der Waals surface area contributed by atoms with Gasteiger partial charge in [-0.3, -0.25) is 4.79 Å². The number of hydrogen-bond acceptors (Lipinski definition) is 1. The molecular formula is C21H41NO. The molecule has 0 radical (unpaired) electrons. The topological polar surface area (TPSA) is 20.3 Å². The van der Waals surface area contributed by atoms with Crippen molar-refractivity contribution in [1.29, 1.82) is 0 Å². The van der Waals surface area contributed by atoms with Gasteiger partial charge >= 0.3 is 0 Å². The molecule has 1 rings (SSSR count). The van der Waals surface area contributed by atoms with Crippen LogP contribution in [0.2, 0.25) is 0 Å². The Hall–Kier alpha value is -0.530. The third kappa shape index (κ3) is 10.0. The SMILES string of the molecule is CC(C)CCCC(C)CCCC(C)CCCC(=O)N1CCCC1. The van der Waals surface area contributed by atoms with Crippen molar-refractivity contribution in [3.8, 4) is 0 Å². The molecule has 2 heteroatoms. The van der Waals surface area contributed by atoms with Gasteiger partial charge in [0.15, 0.2) is 0 Å². The molecule has 136 valence electrons. The van der Waals surface area contributed by atoms with Crippen molar-refractivity contribution in [1.82, 2.24) is 4.90 Å². The van der Waals surface area contributed by atoms with E-state index < -0.39 is 0 Å². The minimum Gasteiger partial charge on any atom is -0.343 e. The van der Waals surface area contributed by atoms with E-state index in [0.717, 1.165) is 43.7 Å². The molecule has 2 nitrogen and oxygen atoms in total. The van der Waals surface area contributed by atoms with E-state index in [0.29, 0.717) is 5.91 Å². The maximum atomic E-state index is 12.0. The van der Waals surface area contributed by atoms with Gasteiger partial charge in [-0.25, -0.2) is 0 Å². The van der Waals surface area contributed by atoms with Gasteiger partial charge < -0.3 is 4.90 Å². The third-order valence-electron chi connectivity index (χ3n) is 5.42. The Bertz CT molecular complexity index is 307. The molecule has 2 atom stereocenters. The lowest BCUT2D eigenvalue weighted by atomic mass is 9.92. The van der Waals surface area contributed by atoms with Crippen LogP contribution in [0, 0.1) is 17.8 Å². The zero-order chi connectivity index (χ0) is 17.1. The van der Waals surface area contributed by atoms with Gasteiger partial charge in [-0.2, -0.15) is 0 Å². The van der Waals surface area contributed by atoms with Gasteiger partial charge in [0.2, 0.25) is 5.91 Å². The lowest BCUT2D eigenvalue weighted by Gasteiger charge is -2.17. The number of nitrogens with zero attached hydrogens (tertiary/aromatic N) is 1. The van der Waals surface area contributed by atoms with Crippen molar-refractivity contribution in [3.05, 3.63) is 0 Å². The van der Waals surface area contributed by atoms with Crippen LogP contribution in [0.4, 0.5) is 0 Å². The molecule has 0 N–H and O–H groups in total. The summed E-state index contributed by atoms with van der Waals surface area (Å²) in [7, 11) is 0. The van der Waals surface area contributed by atoms with Crippen LogP contribution in [0.5, 0.6) is 0 Å². The average Bonchev–Trinajstić information content (AvgIpc) is 3.01. The molecule has 0 bridgehead atoms. The normalized spacial score (nSPS) is 17.7. The fraction of sp³-hybridized carbons (Fsp3) is 0.952. The van der Waals surface area contributed by atoms with Crippen LogP contribution in [0.1, 0.15) is 98.3 Å². The maximum absolute atomic E-state index is 12.0. The number of likely N-dealkylation sites (tertiary alicyclic amines) is 1. The van der Waals surface area contributed by atoms with E-state index >= 15 is 0 Å². The molecule has 1 aliphatic heterocycles. The van der Waals surface area contributed by atoms with Crippen molar-refractivity contribution < 1.29 is 4.79 Å². The molecule has 1 amide bonds. The maximum Gasteiger partial charge on any atom is 0.222 e. The Labute approximate surface area is 145 Å². The van der Waals surface area contributed by atoms with Gasteiger partial charge in [0.05, 0.1) is 0 Å². The van der Waals surface area contributed by atoms with Crippen molar-refractivity contribution >= 4 is 5.91 Å². The van der Waals surface area contributed by atoms with E-state index in [1.54, 1.807) is 0 Å². The van der Waals surface area contributed by atoms with Crippen LogP contribution in [0.3, 0.4) is 0 Å². The lowest BCUT2D eigenvalue weighted by molar-refractivity contribution is -0.130. The van der Waals surface area contributed by atoms with Gasteiger partial charge in [0, 0.05) is 19.5 Å². The summed E-state index contributed by atoms with van der Waals surface area (Å²) in [6.45, 7) is 11.4. The highest BCUT2D eigenvalue weighted by atomic mass is 16.2. The number of carbonyl (C=O) groups is 1. The zero-order valence-corrected chi connectivity index (χ0v) is 16.3. The van der Waals surface area contributed by atoms with Crippen molar-refractivity contribution in [2.75, 3.05) is 13.1 Å². The van der Waals surface area contributed by atoms with E-state index in [4.69, 9.17) is 0 Å². The first kappa shape index (κ1) is 20.5. The summed E-state index contributed by atoms with van der Waals surface area (Å²) in [5.74, 6) is 2.92. The molecule has 1 heterocycles. The molecule has 0 aromatic rings. The van der Waals surface area contributed by atoms with Crippen LogP contribution in [-0.2, 0) is 4.79 Å². The number of hydrogen-bond donors (Lipinski definition) is 0. The smallest absolute Gasteiger partial charge is 0.222 e. The predicted molar refractivity (Wildman–Crippen MR) is 101 cm³/mol. The number of carbonyl (C=O) groups excluding carboxylic acids is 1. The zero-order valence-electron chi connectivity index (χ0n) is 16.3. The van der Waals surface area contributed by atoms with Crippen LogP contribution >= 0.6 is 0 Å². The molecule has 23 heavy (non-hydrogen) atoms. The first-order chi connectivity index (χ1) is 11.0. The molecule has 1 aliphatic rings. The largest absolute Gasteiger partial charge is 0.343 e. The fourth-order valence-corrected chi connectivity index (χ4v) is 3.70. The molecule has 0 aromatic carbocycles. The highest BCUT2D eigenvalue weighted by Gasteiger charge is 2.17. The van der Waals surface area contributed by atoms with Crippen LogP contribution < -0.4 is 0 Å². The highest BCUT2D eigenvalue weighted by Crippen LogP contribution is 2.21. The monoisotopic (exact) mass is 323 g/mol. The first-order valence-corrected chi connectivity index (χ1v) is 10.3. The molecule has 2 unspecified atom stereocenters. The number of amides is 1. The number of rotatable bonds is 12. The van der Waals surface area contributed by atoms with Crippen molar-refractivity contribution in [2.45, 2.75) is 98.3 Å². The Morgan fingerprint density at radius 1 is 0.783 bits per heavy atom. The Balaban J connectivity index is 1.97. The first-order valence-electron chi connectivity index (χ1n) is 10.3. The Morgan fingerprint density at radius 3 is 1.78 bits per heavy atom. The molecule has 1 fully saturated rings. The van der Waals surface area contributed by atoms with E-state index in [9.17, 15) is 4.79 Å². The van der Waals surface area contributed by atoms with Gasteiger partial charge in [0.1, 0.15) is 0 Å². The van der Waals surface area contributed by atoms with E-state index in [1.165, 1.54) is 57.8 Å². The molecule has 0 aliphatic carbocycles. The minimum atomic E-state index is 0.397. The standard InChI is InChI=1S/C21H41NO/c1-18(2)10-7-11-19(3)12-8-13-20(4)14-9-15-21(23)22-16-5-6-17-22/h18-20H,5-17H2,1-4H3. The Kier molecular flexibility index (Phi) is 10.6. The molecule has 0 aromatic heterocycles. The summed E-state index contributed by atoms with van der Waals surface area (Å²) in [5, 5.41) is 0. The summed E-state index contributed by atoms with van der Waals surface area (Å²) in [4.78, 5) is 14.1. The van der Waals surface area contributed by atoms with Crippen molar-refractivity contribution in [2.24, 2.45) is 17.8 Å². The molecule has 0 spiro atoms. The summed E-state index contributed by atoms with van der Waals surface area (Å²) >= 11 is 0. The van der Waals surface area contributed by atoms with Gasteiger partial charge in [-0.15, -0.1) is 0 Å². The minimum absolute atomic E-state index is 0.397.